The van der Waals surface area contributed by atoms with Gasteiger partial charge in [0.1, 0.15) is 5.75 Å². The van der Waals surface area contributed by atoms with Gasteiger partial charge in [0, 0.05) is 28.5 Å². The van der Waals surface area contributed by atoms with Gasteiger partial charge in [0.15, 0.2) is 0 Å². The number of ether oxygens (including phenoxy) is 1. The van der Waals surface area contributed by atoms with Gasteiger partial charge in [0.2, 0.25) is 5.91 Å². The van der Waals surface area contributed by atoms with Crippen LogP contribution in [0, 0.1) is 5.92 Å². The van der Waals surface area contributed by atoms with E-state index in [1.54, 1.807) is 7.11 Å². The Kier molecular flexibility index (Phi) is 5.27. The van der Waals surface area contributed by atoms with E-state index in [-0.39, 0.29) is 12.0 Å². The second-order valence-corrected chi connectivity index (χ2v) is 7.57. The van der Waals surface area contributed by atoms with Gasteiger partial charge < -0.3 is 15.0 Å². The number of carbonyl (C=O) groups excluding carboxylic acids is 1. The van der Waals surface area contributed by atoms with E-state index in [0.29, 0.717) is 11.9 Å². The molecule has 1 aromatic rings. The molecule has 2 saturated heterocycles. The van der Waals surface area contributed by atoms with Crippen LogP contribution in [0.5, 0.6) is 5.75 Å². The van der Waals surface area contributed by atoms with Crippen LogP contribution in [0.1, 0.15) is 44.2 Å². The number of carbonyl (C=O) groups is 1. The summed E-state index contributed by atoms with van der Waals surface area (Å²) in [6, 6.07) is 6.63. The number of nitrogens with zero attached hydrogens (tertiary/aromatic N) is 1. The molecule has 1 amide bonds. The number of nitrogens with one attached hydrogen (secondary N) is 1. The zero-order valence-electron chi connectivity index (χ0n) is 13.8. The minimum absolute atomic E-state index is 0.139. The molecule has 5 heteroatoms. The lowest BCUT2D eigenvalue weighted by molar-refractivity contribution is -0.137. The minimum atomic E-state index is 0.139. The molecule has 2 aliphatic rings. The van der Waals surface area contributed by atoms with Crippen molar-refractivity contribution in [2.45, 2.75) is 44.7 Å². The fourth-order valence-corrected chi connectivity index (χ4v) is 4.29. The van der Waals surface area contributed by atoms with Gasteiger partial charge in [0.25, 0.3) is 0 Å². The maximum absolute atomic E-state index is 13.1. The summed E-state index contributed by atoms with van der Waals surface area (Å²) < 4.78 is 6.57. The van der Waals surface area contributed by atoms with Crippen LogP contribution < -0.4 is 10.1 Å². The Hall–Kier alpha value is -1.07. The summed E-state index contributed by atoms with van der Waals surface area (Å²) in [5, 5.41) is 3.43. The summed E-state index contributed by atoms with van der Waals surface area (Å²) in [4.78, 5) is 15.2. The van der Waals surface area contributed by atoms with Crippen molar-refractivity contribution in [3.63, 3.8) is 0 Å². The Bertz CT molecular complexity index is 578. The van der Waals surface area contributed by atoms with Crippen molar-refractivity contribution in [3.8, 4) is 5.75 Å². The van der Waals surface area contributed by atoms with Crippen LogP contribution in [0.25, 0.3) is 0 Å². The molecule has 3 atom stereocenters. The van der Waals surface area contributed by atoms with Crippen LogP contribution in [0.2, 0.25) is 0 Å². The zero-order chi connectivity index (χ0) is 16.4. The molecule has 1 unspecified atom stereocenters. The third-order valence-corrected chi connectivity index (χ3v) is 5.55. The molecule has 23 heavy (non-hydrogen) atoms. The summed E-state index contributed by atoms with van der Waals surface area (Å²) in [5.41, 5.74) is 1.12. The van der Waals surface area contributed by atoms with Gasteiger partial charge in [-0.3, -0.25) is 4.79 Å². The van der Waals surface area contributed by atoms with E-state index in [1.807, 2.05) is 12.1 Å². The van der Waals surface area contributed by atoms with Crippen molar-refractivity contribution in [1.29, 1.82) is 0 Å². The van der Waals surface area contributed by atoms with Crippen LogP contribution in [0.3, 0.4) is 0 Å². The first-order chi connectivity index (χ1) is 11.1. The fraction of sp³-hybridized carbons (Fsp3) is 0.611. The number of likely N-dealkylation sites (tertiary alicyclic amines) is 1. The van der Waals surface area contributed by atoms with Crippen molar-refractivity contribution in [1.82, 2.24) is 10.2 Å². The Morgan fingerprint density at radius 2 is 2.22 bits per heavy atom. The third kappa shape index (κ3) is 3.56. The number of methoxy groups -OCH3 is 1. The highest BCUT2D eigenvalue weighted by atomic mass is 79.9. The molecule has 2 aliphatic heterocycles. The fourth-order valence-electron chi connectivity index (χ4n) is 3.91. The highest BCUT2D eigenvalue weighted by molar-refractivity contribution is 9.10. The molecule has 3 rings (SSSR count). The molecule has 0 radical (unpaired) electrons. The predicted octanol–water partition coefficient (Wildman–Crippen LogP) is 3.51. The first-order valence-corrected chi connectivity index (χ1v) is 9.26. The molecule has 0 bridgehead atoms. The van der Waals surface area contributed by atoms with Crippen molar-refractivity contribution in [2.75, 3.05) is 20.2 Å². The number of piperidine rings is 1. The molecule has 1 N–H and O–H groups in total. The van der Waals surface area contributed by atoms with Gasteiger partial charge >= 0.3 is 0 Å². The van der Waals surface area contributed by atoms with Crippen molar-refractivity contribution >= 4 is 21.8 Å². The maximum atomic E-state index is 13.1. The van der Waals surface area contributed by atoms with E-state index in [2.05, 4.69) is 39.1 Å². The Balaban J connectivity index is 1.82. The predicted molar refractivity (Wildman–Crippen MR) is 94.6 cm³/mol. The van der Waals surface area contributed by atoms with Crippen LogP contribution in [0.4, 0.5) is 0 Å². The van der Waals surface area contributed by atoms with Gasteiger partial charge in [-0.1, -0.05) is 15.9 Å². The minimum Gasteiger partial charge on any atom is -0.496 e. The molecular formula is C18H25BrN2O2. The second-order valence-electron chi connectivity index (χ2n) is 6.65. The zero-order valence-corrected chi connectivity index (χ0v) is 15.4. The highest BCUT2D eigenvalue weighted by Gasteiger charge is 2.36. The van der Waals surface area contributed by atoms with E-state index in [1.165, 1.54) is 0 Å². The Labute approximate surface area is 146 Å². The number of amides is 1. The summed E-state index contributed by atoms with van der Waals surface area (Å²) in [7, 11) is 1.70. The molecule has 0 spiro atoms. The molecule has 0 aromatic heterocycles. The highest BCUT2D eigenvalue weighted by Crippen LogP contribution is 2.39. The first-order valence-electron chi connectivity index (χ1n) is 8.47. The van der Waals surface area contributed by atoms with Crippen LogP contribution in [-0.4, -0.2) is 37.0 Å². The third-order valence-electron chi connectivity index (χ3n) is 5.06. The number of benzene rings is 1. The smallest absolute Gasteiger partial charge is 0.226 e. The summed E-state index contributed by atoms with van der Waals surface area (Å²) in [5.74, 6) is 1.35. The van der Waals surface area contributed by atoms with Crippen LogP contribution in [0.15, 0.2) is 22.7 Å². The molecule has 2 fully saturated rings. The number of halogens is 1. The SMILES string of the molecule is COc1ccc(Br)cc1C1CCCN1C(=O)[C@H]1CCN[C@@H](C)C1. The lowest BCUT2D eigenvalue weighted by Gasteiger charge is -2.33. The Morgan fingerprint density at radius 3 is 2.96 bits per heavy atom. The van der Waals surface area contributed by atoms with E-state index in [9.17, 15) is 4.79 Å². The molecule has 2 heterocycles. The second kappa shape index (κ2) is 7.22. The number of hydrogen-bond acceptors (Lipinski definition) is 3. The van der Waals surface area contributed by atoms with Crippen LogP contribution >= 0.6 is 15.9 Å². The summed E-state index contributed by atoms with van der Waals surface area (Å²) in [6.07, 6.45) is 3.96. The van der Waals surface area contributed by atoms with E-state index in [0.717, 1.165) is 54.6 Å². The van der Waals surface area contributed by atoms with Gasteiger partial charge in [-0.2, -0.15) is 0 Å². The molecular weight excluding hydrogens is 356 g/mol. The van der Waals surface area contributed by atoms with E-state index >= 15 is 0 Å². The molecule has 126 valence electrons. The quantitative estimate of drug-likeness (QED) is 0.871. The van der Waals surface area contributed by atoms with Crippen molar-refractivity contribution in [2.24, 2.45) is 5.92 Å². The normalized spacial score (nSPS) is 28.0. The number of hydrogen-bond donors (Lipinski definition) is 1. The van der Waals surface area contributed by atoms with Gasteiger partial charge in [-0.25, -0.2) is 0 Å². The van der Waals surface area contributed by atoms with E-state index < -0.39 is 0 Å². The standard InChI is InChI=1S/C18H25BrN2O2/c1-12-10-13(7-8-20-12)18(22)21-9-3-4-16(21)15-11-14(19)5-6-17(15)23-2/h5-6,11-13,16,20H,3-4,7-10H2,1-2H3/t12-,13-,16?/m0/s1. The Morgan fingerprint density at radius 1 is 1.39 bits per heavy atom. The largest absolute Gasteiger partial charge is 0.496 e. The summed E-state index contributed by atoms with van der Waals surface area (Å²) in [6.45, 7) is 3.96. The van der Waals surface area contributed by atoms with E-state index in [4.69, 9.17) is 4.74 Å². The molecule has 0 aliphatic carbocycles. The average molecular weight is 381 g/mol. The summed E-state index contributed by atoms with van der Waals surface area (Å²) >= 11 is 3.55. The lowest BCUT2D eigenvalue weighted by Crippen LogP contribution is -2.44. The topological polar surface area (TPSA) is 41.6 Å². The lowest BCUT2D eigenvalue weighted by atomic mass is 9.91. The molecule has 1 aromatic carbocycles. The van der Waals surface area contributed by atoms with Crippen LogP contribution in [-0.2, 0) is 4.79 Å². The monoisotopic (exact) mass is 380 g/mol. The van der Waals surface area contributed by atoms with Gasteiger partial charge in [-0.05, 0) is 57.4 Å². The van der Waals surface area contributed by atoms with Gasteiger partial charge in [0.05, 0.1) is 13.2 Å². The molecule has 4 nitrogen and oxygen atoms in total. The number of rotatable bonds is 3. The average Bonchev–Trinajstić information content (AvgIpc) is 3.03. The first kappa shape index (κ1) is 16.8. The van der Waals surface area contributed by atoms with Crippen molar-refractivity contribution in [3.05, 3.63) is 28.2 Å². The van der Waals surface area contributed by atoms with Crippen molar-refractivity contribution < 1.29 is 9.53 Å². The molecule has 0 saturated carbocycles. The maximum Gasteiger partial charge on any atom is 0.226 e. The van der Waals surface area contributed by atoms with Gasteiger partial charge in [-0.15, -0.1) is 0 Å².